The molecule has 0 fully saturated rings. The zero-order valence-corrected chi connectivity index (χ0v) is 6.18. The van der Waals surface area contributed by atoms with Gasteiger partial charge in [0.25, 0.3) is 6.43 Å². The Morgan fingerprint density at radius 3 is 2.25 bits per heavy atom. The smallest absolute Gasteiger partial charge is 0.257 e. The third-order valence-corrected chi connectivity index (χ3v) is 1.54. The number of nitrogens with two attached hydrogens (primary N) is 1. The first-order chi connectivity index (χ1) is 5.63. The Kier molecular flexibility index (Phi) is 2.70. The normalized spacial score (nSPS) is 13.4. The Morgan fingerprint density at radius 1 is 1.17 bits per heavy atom. The topological polar surface area (TPSA) is 26.0 Å². The molecule has 1 atom stereocenters. The van der Waals surface area contributed by atoms with Crippen molar-refractivity contribution in [2.75, 3.05) is 0 Å². The highest BCUT2D eigenvalue weighted by molar-refractivity contribution is 5.21. The van der Waals surface area contributed by atoms with Crippen LogP contribution in [0.4, 0.5) is 13.2 Å². The summed E-state index contributed by atoms with van der Waals surface area (Å²) in [4.78, 5) is 0. The van der Waals surface area contributed by atoms with Crippen molar-refractivity contribution in [1.82, 2.24) is 0 Å². The van der Waals surface area contributed by atoms with Gasteiger partial charge < -0.3 is 5.73 Å². The van der Waals surface area contributed by atoms with Gasteiger partial charge in [-0.2, -0.15) is 0 Å². The summed E-state index contributed by atoms with van der Waals surface area (Å²) in [6, 6.07) is 3.73. The van der Waals surface area contributed by atoms with E-state index in [1.807, 2.05) is 0 Å². The van der Waals surface area contributed by atoms with E-state index in [-0.39, 0.29) is 5.56 Å². The van der Waals surface area contributed by atoms with Crippen LogP contribution in [-0.4, -0.2) is 6.43 Å². The molecule has 66 valence electrons. The van der Waals surface area contributed by atoms with E-state index in [0.717, 1.165) is 6.07 Å². The quantitative estimate of drug-likeness (QED) is 0.731. The molecule has 1 nitrogen and oxygen atoms in total. The van der Waals surface area contributed by atoms with E-state index in [1.54, 1.807) is 0 Å². The number of hydrogen-bond acceptors (Lipinski definition) is 1. The van der Waals surface area contributed by atoms with Gasteiger partial charge in [-0.15, -0.1) is 0 Å². The second kappa shape index (κ2) is 3.58. The molecule has 0 saturated carbocycles. The van der Waals surface area contributed by atoms with Crippen molar-refractivity contribution in [3.05, 3.63) is 35.6 Å². The summed E-state index contributed by atoms with van der Waals surface area (Å²) in [5, 5.41) is 0. The predicted molar refractivity (Wildman–Crippen MR) is 39.3 cm³/mol. The first-order valence-corrected chi connectivity index (χ1v) is 3.41. The fourth-order valence-corrected chi connectivity index (χ4v) is 0.881. The second-order valence-electron chi connectivity index (χ2n) is 2.38. The minimum Gasteiger partial charge on any atom is -0.319 e. The van der Waals surface area contributed by atoms with Crippen molar-refractivity contribution >= 4 is 0 Å². The Bertz CT molecular complexity index is 262. The highest BCUT2D eigenvalue weighted by atomic mass is 19.3. The van der Waals surface area contributed by atoms with Crippen molar-refractivity contribution < 1.29 is 13.2 Å². The standard InChI is InChI=1S/C8H8F3N/c9-6-4-2-1-3-5(6)7(12)8(10)11/h1-4,7-8H,12H2. The predicted octanol–water partition coefficient (Wildman–Crippen LogP) is 2.09. The summed E-state index contributed by atoms with van der Waals surface area (Å²) in [6.45, 7) is 0. The molecule has 0 aliphatic rings. The molecular weight excluding hydrogens is 167 g/mol. The van der Waals surface area contributed by atoms with Crippen LogP contribution in [0, 0.1) is 5.82 Å². The average molecular weight is 175 g/mol. The fraction of sp³-hybridized carbons (Fsp3) is 0.250. The van der Waals surface area contributed by atoms with Gasteiger partial charge in [-0.1, -0.05) is 18.2 Å². The van der Waals surface area contributed by atoms with Crippen molar-refractivity contribution in [3.8, 4) is 0 Å². The lowest BCUT2D eigenvalue weighted by Crippen LogP contribution is -2.20. The van der Waals surface area contributed by atoms with Gasteiger partial charge in [0.1, 0.15) is 5.82 Å². The third kappa shape index (κ3) is 1.76. The zero-order valence-electron chi connectivity index (χ0n) is 6.18. The van der Waals surface area contributed by atoms with Crippen LogP contribution in [-0.2, 0) is 0 Å². The molecule has 2 N–H and O–H groups in total. The SMILES string of the molecule is NC(c1ccccc1F)C(F)F. The Hall–Kier alpha value is -1.03. The average Bonchev–Trinajstić information content (AvgIpc) is 2.04. The number of hydrogen-bond donors (Lipinski definition) is 1. The summed E-state index contributed by atoms with van der Waals surface area (Å²) in [7, 11) is 0. The monoisotopic (exact) mass is 175 g/mol. The van der Waals surface area contributed by atoms with Crippen LogP contribution in [0.3, 0.4) is 0 Å². The molecular formula is C8H8F3N. The Balaban J connectivity index is 2.94. The second-order valence-corrected chi connectivity index (χ2v) is 2.38. The maximum Gasteiger partial charge on any atom is 0.257 e. The van der Waals surface area contributed by atoms with Gasteiger partial charge in [-0.3, -0.25) is 0 Å². The van der Waals surface area contributed by atoms with Gasteiger partial charge in [-0.25, -0.2) is 13.2 Å². The lowest BCUT2D eigenvalue weighted by molar-refractivity contribution is 0.115. The van der Waals surface area contributed by atoms with E-state index in [4.69, 9.17) is 5.73 Å². The lowest BCUT2D eigenvalue weighted by Gasteiger charge is -2.10. The molecule has 12 heavy (non-hydrogen) atoms. The zero-order chi connectivity index (χ0) is 9.14. The van der Waals surface area contributed by atoms with Crippen molar-refractivity contribution in [3.63, 3.8) is 0 Å². The van der Waals surface area contributed by atoms with Crippen LogP contribution >= 0.6 is 0 Å². The van der Waals surface area contributed by atoms with E-state index in [2.05, 4.69) is 0 Å². The molecule has 1 rings (SSSR count). The number of rotatable bonds is 2. The minimum absolute atomic E-state index is 0.146. The van der Waals surface area contributed by atoms with Crippen LogP contribution in [0.1, 0.15) is 11.6 Å². The molecule has 1 aromatic carbocycles. The van der Waals surface area contributed by atoms with Crippen LogP contribution in [0.15, 0.2) is 24.3 Å². The molecule has 1 aromatic rings. The van der Waals surface area contributed by atoms with E-state index in [0.29, 0.717) is 0 Å². The van der Waals surface area contributed by atoms with E-state index < -0.39 is 18.3 Å². The summed E-state index contributed by atoms with van der Waals surface area (Å²) < 4.78 is 36.8. The van der Waals surface area contributed by atoms with Crippen molar-refractivity contribution in [2.45, 2.75) is 12.5 Å². The lowest BCUT2D eigenvalue weighted by atomic mass is 10.1. The van der Waals surface area contributed by atoms with E-state index in [1.165, 1.54) is 18.2 Å². The first-order valence-electron chi connectivity index (χ1n) is 3.41. The summed E-state index contributed by atoms with van der Waals surface area (Å²) >= 11 is 0. The molecule has 0 saturated heterocycles. The van der Waals surface area contributed by atoms with Gasteiger partial charge in [0.2, 0.25) is 0 Å². The van der Waals surface area contributed by atoms with E-state index in [9.17, 15) is 13.2 Å². The number of benzene rings is 1. The van der Waals surface area contributed by atoms with Crippen molar-refractivity contribution in [1.29, 1.82) is 0 Å². The van der Waals surface area contributed by atoms with Crippen LogP contribution < -0.4 is 5.73 Å². The van der Waals surface area contributed by atoms with Crippen LogP contribution in [0.2, 0.25) is 0 Å². The van der Waals surface area contributed by atoms with Gasteiger partial charge in [0, 0.05) is 5.56 Å². The molecule has 0 heterocycles. The molecule has 0 aliphatic carbocycles. The Morgan fingerprint density at radius 2 is 1.75 bits per heavy atom. The van der Waals surface area contributed by atoms with Crippen LogP contribution in [0.5, 0.6) is 0 Å². The first kappa shape index (κ1) is 9.06. The summed E-state index contributed by atoms with van der Waals surface area (Å²) in [6.07, 6.45) is -2.73. The van der Waals surface area contributed by atoms with Gasteiger partial charge >= 0.3 is 0 Å². The highest BCUT2D eigenvalue weighted by Crippen LogP contribution is 2.19. The van der Waals surface area contributed by atoms with Gasteiger partial charge in [-0.05, 0) is 6.07 Å². The molecule has 0 spiro atoms. The maximum absolute atomic E-state index is 12.8. The number of alkyl halides is 2. The number of halogens is 3. The molecule has 4 heteroatoms. The molecule has 1 unspecified atom stereocenters. The molecule has 0 aliphatic heterocycles. The highest BCUT2D eigenvalue weighted by Gasteiger charge is 2.19. The largest absolute Gasteiger partial charge is 0.319 e. The fourth-order valence-electron chi connectivity index (χ4n) is 0.881. The third-order valence-electron chi connectivity index (χ3n) is 1.54. The Labute approximate surface area is 68.0 Å². The van der Waals surface area contributed by atoms with Crippen molar-refractivity contribution in [2.24, 2.45) is 5.73 Å². The summed E-state index contributed by atoms with van der Waals surface area (Å²) in [5.41, 5.74) is 4.90. The van der Waals surface area contributed by atoms with E-state index >= 15 is 0 Å². The maximum atomic E-state index is 12.8. The summed E-state index contributed by atoms with van der Waals surface area (Å²) in [5.74, 6) is -0.690. The van der Waals surface area contributed by atoms with Crippen LogP contribution in [0.25, 0.3) is 0 Å². The molecule has 0 bridgehead atoms. The van der Waals surface area contributed by atoms with Gasteiger partial charge in [0.05, 0.1) is 6.04 Å². The molecule has 0 amide bonds. The minimum atomic E-state index is -2.73. The van der Waals surface area contributed by atoms with Gasteiger partial charge in [0.15, 0.2) is 0 Å². The molecule has 0 aromatic heterocycles. The molecule has 0 radical (unpaired) electrons.